The van der Waals surface area contributed by atoms with Crippen LogP contribution in [0.3, 0.4) is 0 Å². The molecule has 8 heteroatoms. The number of anilines is 2. The van der Waals surface area contributed by atoms with E-state index in [-0.39, 0.29) is 23.3 Å². The fraction of sp³-hybridized carbons (Fsp3) is 0.154. The summed E-state index contributed by atoms with van der Waals surface area (Å²) in [7, 11) is -3.57. The van der Waals surface area contributed by atoms with Gasteiger partial charge in [-0.05, 0) is 24.3 Å². The lowest BCUT2D eigenvalue weighted by Crippen LogP contribution is -2.22. The van der Waals surface area contributed by atoms with E-state index < -0.39 is 10.0 Å². The minimum atomic E-state index is -3.57. The Kier molecular flexibility index (Phi) is 4.87. The summed E-state index contributed by atoms with van der Waals surface area (Å²) in [6.07, 6.45) is 0. The lowest BCUT2D eigenvalue weighted by molar-refractivity contribution is 0.343. The van der Waals surface area contributed by atoms with Crippen molar-refractivity contribution in [2.24, 2.45) is 0 Å². The van der Waals surface area contributed by atoms with Gasteiger partial charge < -0.3 is 10.5 Å². The summed E-state index contributed by atoms with van der Waals surface area (Å²) in [6.45, 7) is -0.0237. The molecular formula is C13H14ClN3O3S. The molecule has 0 saturated heterocycles. The molecule has 0 saturated carbocycles. The number of aromatic nitrogens is 1. The zero-order valence-electron chi connectivity index (χ0n) is 11.0. The first-order chi connectivity index (χ1) is 9.96. The van der Waals surface area contributed by atoms with Crippen LogP contribution < -0.4 is 15.2 Å². The number of nitrogens with zero attached hydrogens (tertiary/aromatic N) is 1. The van der Waals surface area contributed by atoms with Crippen LogP contribution >= 0.6 is 11.6 Å². The summed E-state index contributed by atoms with van der Waals surface area (Å²) < 4.78 is 31.4. The van der Waals surface area contributed by atoms with Gasteiger partial charge in [0, 0.05) is 0 Å². The van der Waals surface area contributed by atoms with Gasteiger partial charge in [-0.3, -0.25) is 4.72 Å². The van der Waals surface area contributed by atoms with E-state index in [2.05, 4.69) is 9.71 Å². The van der Waals surface area contributed by atoms with Crippen molar-refractivity contribution in [3.63, 3.8) is 0 Å². The number of para-hydroxylation sites is 2. The number of pyridine rings is 1. The molecule has 1 aromatic heterocycles. The second-order valence-electron chi connectivity index (χ2n) is 4.15. The van der Waals surface area contributed by atoms with E-state index in [1.165, 1.54) is 6.07 Å². The van der Waals surface area contributed by atoms with Gasteiger partial charge in [-0.2, -0.15) is 0 Å². The lowest BCUT2D eigenvalue weighted by atomic mass is 10.3. The van der Waals surface area contributed by atoms with Gasteiger partial charge in [0.2, 0.25) is 10.0 Å². The highest BCUT2D eigenvalue weighted by molar-refractivity contribution is 7.92. The Labute approximate surface area is 128 Å². The van der Waals surface area contributed by atoms with Crippen molar-refractivity contribution in [3.05, 3.63) is 47.6 Å². The van der Waals surface area contributed by atoms with Gasteiger partial charge in [-0.25, -0.2) is 13.4 Å². The predicted molar refractivity (Wildman–Crippen MR) is 83.0 cm³/mol. The number of hydrogen-bond acceptors (Lipinski definition) is 5. The van der Waals surface area contributed by atoms with Crippen LogP contribution in [0.15, 0.2) is 42.5 Å². The molecule has 0 radical (unpaired) electrons. The number of ether oxygens (including phenoxy) is 1. The number of benzene rings is 1. The summed E-state index contributed by atoms with van der Waals surface area (Å²) in [5.41, 5.74) is 6.15. The maximum absolute atomic E-state index is 11.9. The minimum absolute atomic E-state index is 0.0237. The van der Waals surface area contributed by atoms with Crippen molar-refractivity contribution in [3.8, 4) is 5.75 Å². The Hall–Kier alpha value is -1.99. The molecule has 0 aliphatic heterocycles. The van der Waals surface area contributed by atoms with Crippen LogP contribution in [0.4, 0.5) is 11.5 Å². The van der Waals surface area contributed by atoms with E-state index in [1.807, 2.05) is 0 Å². The third-order valence-electron chi connectivity index (χ3n) is 2.50. The van der Waals surface area contributed by atoms with Gasteiger partial charge in [-0.1, -0.05) is 29.8 Å². The standard InChI is InChI=1S/C13H14ClN3O3S/c14-12-6-3-7-13(16-12)17-21(18,19)9-8-20-11-5-2-1-4-10(11)15/h1-7H,8-9,15H2,(H,16,17). The zero-order chi connectivity index (χ0) is 15.3. The molecular weight excluding hydrogens is 314 g/mol. The van der Waals surface area contributed by atoms with E-state index in [4.69, 9.17) is 22.1 Å². The molecule has 0 fully saturated rings. The molecule has 0 spiro atoms. The molecule has 6 nitrogen and oxygen atoms in total. The van der Waals surface area contributed by atoms with Gasteiger partial charge in [0.15, 0.2) is 0 Å². The van der Waals surface area contributed by atoms with Crippen LogP contribution in [0.25, 0.3) is 0 Å². The van der Waals surface area contributed by atoms with Gasteiger partial charge in [-0.15, -0.1) is 0 Å². The fourth-order valence-electron chi connectivity index (χ4n) is 1.55. The van der Waals surface area contributed by atoms with Crippen LogP contribution in [-0.2, 0) is 10.0 Å². The van der Waals surface area contributed by atoms with Crippen molar-refractivity contribution < 1.29 is 13.2 Å². The number of hydrogen-bond donors (Lipinski definition) is 2. The highest BCUT2D eigenvalue weighted by Crippen LogP contribution is 2.19. The molecule has 21 heavy (non-hydrogen) atoms. The van der Waals surface area contributed by atoms with E-state index >= 15 is 0 Å². The zero-order valence-corrected chi connectivity index (χ0v) is 12.6. The van der Waals surface area contributed by atoms with E-state index in [0.717, 1.165) is 0 Å². The Morgan fingerprint density at radius 2 is 1.95 bits per heavy atom. The summed E-state index contributed by atoms with van der Waals surface area (Å²) >= 11 is 5.69. The molecule has 1 aromatic carbocycles. The van der Waals surface area contributed by atoms with Crippen LogP contribution in [-0.4, -0.2) is 25.8 Å². The molecule has 112 valence electrons. The van der Waals surface area contributed by atoms with Crippen molar-refractivity contribution in [1.29, 1.82) is 0 Å². The summed E-state index contributed by atoms with van der Waals surface area (Å²) in [4.78, 5) is 3.85. The summed E-state index contributed by atoms with van der Waals surface area (Å²) in [5.74, 6) is 0.394. The molecule has 0 bridgehead atoms. The number of sulfonamides is 1. The molecule has 2 rings (SSSR count). The average molecular weight is 328 g/mol. The monoisotopic (exact) mass is 327 g/mol. The van der Waals surface area contributed by atoms with Crippen LogP contribution in [0.1, 0.15) is 0 Å². The minimum Gasteiger partial charge on any atom is -0.490 e. The average Bonchev–Trinajstić information content (AvgIpc) is 2.40. The fourth-order valence-corrected chi connectivity index (χ4v) is 2.55. The third kappa shape index (κ3) is 4.80. The van der Waals surface area contributed by atoms with E-state index in [1.54, 1.807) is 36.4 Å². The topological polar surface area (TPSA) is 94.3 Å². The summed E-state index contributed by atoms with van der Waals surface area (Å²) in [5, 5.41) is 0.212. The number of nitrogen functional groups attached to an aromatic ring is 1. The van der Waals surface area contributed by atoms with Crippen LogP contribution in [0.5, 0.6) is 5.75 Å². The number of halogens is 1. The van der Waals surface area contributed by atoms with Gasteiger partial charge in [0.05, 0.1) is 5.69 Å². The highest BCUT2D eigenvalue weighted by Gasteiger charge is 2.12. The Bertz CT molecular complexity index is 722. The Balaban J connectivity index is 1.91. The molecule has 2 aromatic rings. The van der Waals surface area contributed by atoms with Crippen molar-refractivity contribution in [2.45, 2.75) is 0 Å². The van der Waals surface area contributed by atoms with Crippen LogP contribution in [0.2, 0.25) is 5.15 Å². The number of nitrogens with one attached hydrogen (secondary N) is 1. The predicted octanol–water partition coefficient (Wildman–Crippen LogP) is 2.14. The molecule has 0 atom stereocenters. The molecule has 3 N–H and O–H groups in total. The maximum atomic E-state index is 11.9. The smallest absolute Gasteiger partial charge is 0.237 e. The van der Waals surface area contributed by atoms with Crippen LogP contribution in [0, 0.1) is 0 Å². The SMILES string of the molecule is Nc1ccccc1OCCS(=O)(=O)Nc1cccc(Cl)n1. The molecule has 0 aliphatic carbocycles. The maximum Gasteiger partial charge on any atom is 0.237 e. The second-order valence-corrected chi connectivity index (χ2v) is 6.38. The van der Waals surface area contributed by atoms with E-state index in [0.29, 0.717) is 11.4 Å². The highest BCUT2D eigenvalue weighted by atomic mass is 35.5. The van der Waals surface area contributed by atoms with Gasteiger partial charge >= 0.3 is 0 Å². The molecule has 0 amide bonds. The quantitative estimate of drug-likeness (QED) is 0.626. The first-order valence-corrected chi connectivity index (χ1v) is 8.10. The molecule has 0 aliphatic rings. The molecule has 0 unspecified atom stereocenters. The normalized spacial score (nSPS) is 11.1. The van der Waals surface area contributed by atoms with Gasteiger partial charge in [0.25, 0.3) is 0 Å². The third-order valence-corrected chi connectivity index (χ3v) is 3.94. The van der Waals surface area contributed by atoms with Crippen molar-refractivity contribution in [2.75, 3.05) is 22.8 Å². The number of nitrogens with two attached hydrogens (primary N) is 1. The number of rotatable bonds is 6. The largest absolute Gasteiger partial charge is 0.490 e. The van der Waals surface area contributed by atoms with E-state index in [9.17, 15) is 8.42 Å². The van der Waals surface area contributed by atoms with Gasteiger partial charge in [0.1, 0.15) is 29.1 Å². The van der Waals surface area contributed by atoms with Crippen molar-refractivity contribution >= 4 is 33.1 Å². The Morgan fingerprint density at radius 1 is 1.19 bits per heavy atom. The lowest BCUT2D eigenvalue weighted by Gasteiger charge is -2.10. The molecule has 1 heterocycles. The first kappa shape index (κ1) is 15.4. The first-order valence-electron chi connectivity index (χ1n) is 6.07. The second kappa shape index (κ2) is 6.64. The Morgan fingerprint density at radius 3 is 2.67 bits per heavy atom. The van der Waals surface area contributed by atoms with Crippen molar-refractivity contribution in [1.82, 2.24) is 4.98 Å². The summed E-state index contributed by atoms with van der Waals surface area (Å²) in [6, 6.07) is 11.6.